The Kier molecular flexibility index (Phi) is 19.0. The summed E-state index contributed by atoms with van der Waals surface area (Å²) in [6, 6.07) is 7.61. The van der Waals surface area contributed by atoms with Crippen LogP contribution in [0, 0.1) is 10.1 Å². The monoisotopic (exact) mass is 1210 g/mol. The summed E-state index contributed by atoms with van der Waals surface area (Å²) >= 11 is 0. The number of pyridine rings is 1. The summed E-state index contributed by atoms with van der Waals surface area (Å²) in [6.45, 7) is 47.4. The first-order valence-corrected chi connectivity index (χ1v) is 35.9. The first-order chi connectivity index (χ1) is 34.6. The summed E-state index contributed by atoms with van der Waals surface area (Å²) < 4.78 is 136. The van der Waals surface area contributed by atoms with Gasteiger partial charge in [0.1, 0.15) is 0 Å². The molecule has 3 fully saturated rings. The zero-order chi connectivity index (χ0) is 59.7. The van der Waals surface area contributed by atoms with Crippen molar-refractivity contribution in [2.45, 2.75) is 250 Å². The molecule has 4 atom stereocenters. The summed E-state index contributed by atoms with van der Waals surface area (Å²) in [5, 5.41) is 13.2. The van der Waals surface area contributed by atoms with Gasteiger partial charge in [0.15, 0.2) is 0 Å². The van der Waals surface area contributed by atoms with E-state index in [-0.39, 0.29) is 12.0 Å². The highest BCUT2D eigenvalue weighted by molar-refractivity contribution is 6.87. The third kappa shape index (κ3) is 19.7. The highest BCUT2D eigenvalue weighted by atomic mass is 28.6. The van der Waals surface area contributed by atoms with Crippen LogP contribution in [0.3, 0.4) is 0 Å². The van der Waals surface area contributed by atoms with Crippen LogP contribution in [0.25, 0.3) is 0 Å². The Hall–Kier alpha value is -1.69. The number of benzene rings is 1. The maximum Gasteiger partial charge on any atom is 0.712 e. The Morgan fingerprint density at radius 3 is 1.31 bits per heavy atom. The second-order valence-electron chi connectivity index (χ2n) is 28.1. The third-order valence-corrected chi connectivity index (χ3v) is 29.0. The van der Waals surface area contributed by atoms with E-state index >= 15 is 0 Å². The summed E-state index contributed by atoms with van der Waals surface area (Å²) in [5.41, 5.74) is -10.3. The van der Waals surface area contributed by atoms with Gasteiger partial charge in [0.05, 0.1) is 55.3 Å². The van der Waals surface area contributed by atoms with Gasteiger partial charge in [-0.2, -0.15) is 0 Å². The lowest BCUT2D eigenvalue weighted by atomic mass is 9.98. The second kappa shape index (κ2) is 22.1. The van der Waals surface area contributed by atoms with Crippen molar-refractivity contribution in [1.29, 1.82) is 0 Å². The fourth-order valence-corrected chi connectivity index (χ4v) is 30.0. The van der Waals surface area contributed by atoms with E-state index in [1.54, 1.807) is 211 Å². The maximum atomic E-state index is 13.2. The maximum absolute atomic E-state index is 13.2. The van der Waals surface area contributed by atoms with Gasteiger partial charge in [0.2, 0.25) is 0 Å². The number of nitrogens with zero attached hydrogens (tertiary/aromatic N) is 2. The SMILES string of the molecule is CC(C)(C)O[Si]1(OC(C)(C)C)OO[Si]2(OC(C)(C)C)OC(c3cc([N+](=O)[O-])ccc3Cc3ccncc3)(O1)O[Si]1(O[Si](OC(C)(C)C)(OC(C)(C)C)OC(C)(C)C)O[Si](OC(C)(C)C)(OC(C)(C)C)O[Si](OC(C)(C)C)(O2)O1. The predicted molar refractivity (Wildman–Crippen MR) is 295 cm³/mol. The van der Waals surface area contributed by atoms with E-state index in [4.69, 9.17) is 82.8 Å². The smallest absolute Gasteiger partial charge is 0.348 e. The molecule has 1 aromatic heterocycles. The number of rotatable bonds is 15. The zero-order valence-electron chi connectivity index (χ0n) is 51.2. The molecule has 3 aliphatic rings. The first-order valence-electron chi connectivity index (χ1n) is 26.1. The topological polar surface area (TPSA) is 231 Å². The molecular formula is C49H90N2O21Si6. The van der Waals surface area contributed by atoms with Crippen molar-refractivity contribution in [3.8, 4) is 0 Å². The van der Waals surface area contributed by atoms with Crippen LogP contribution < -0.4 is 0 Å². The number of nitro groups is 1. The number of aromatic nitrogens is 1. The molecule has 4 unspecified atom stereocenters. The van der Waals surface area contributed by atoms with Crippen LogP contribution in [0.1, 0.15) is 204 Å². The summed E-state index contributed by atoms with van der Waals surface area (Å²) in [5.74, 6) is -3.11. The molecule has 1 aromatic carbocycles. The Labute approximate surface area is 470 Å². The molecule has 2 aromatic rings. The number of hydrogen-bond acceptors (Lipinski definition) is 22. The molecule has 4 heterocycles. The lowest BCUT2D eigenvalue weighted by Gasteiger charge is -2.55. The van der Waals surface area contributed by atoms with Crippen molar-refractivity contribution < 1.29 is 87.8 Å². The van der Waals surface area contributed by atoms with Gasteiger partial charge in [-0.05, 0) is 217 Å². The van der Waals surface area contributed by atoms with Crippen LogP contribution in [0.4, 0.5) is 5.69 Å². The van der Waals surface area contributed by atoms with Crippen molar-refractivity contribution in [3.63, 3.8) is 0 Å². The van der Waals surface area contributed by atoms with Crippen LogP contribution in [-0.4, -0.2) is 115 Å². The Morgan fingerprint density at radius 1 is 0.487 bits per heavy atom. The molecule has 4 bridgehead atoms. The van der Waals surface area contributed by atoms with Crippen molar-refractivity contribution in [3.05, 3.63) is 69.5 Å². The van der Waals surface area contributed by atoms with E-state index in [1.165, 1.54) is 18.2 Å². The van der Waals surface area contributed by atoms with Gasteiger partial charge in [0.25, 0.3) is 11.7 Å². The normalized spacial score (nSPS) is 26.0. The summed E-state index contributed by atoms with van der Waals surface area (Å²) in [6.07, 6.45) is 3.26. The lowest BCUT2D eigenvalue weighted by molar-refractivity contribution is -0.385. The molecule has 3 aliphatic heterocycles. The van der Waals surface area contributed by atoms with E-state index in [9.17, 15) is 10.1 Å². The molecular weight excluding hydrogens is 1120 g/mol. The van der Waals surface area contributed by atoms with Crippen molar-refractivity contribution in [2.75, 3.05) is 0 Å². The van der Waals surface area contributed by atoms with Gasteiger partial charge < -0.3 is 60.4 Å². The van der Waals surface area contributed by atoms with Crippen molar-refractivity contribution in [1.82, 2.24) is 4.98 Å². The van der Waals surface area contributed by atoms with Gasteiger partial charge in [-0.15, -0.1) is 0 Å². The Morgan fingerprint density at radius 2 is 0.885 bits per heavy atom. The summed E-state index contributed by atoms with van der Waals surface area (Å²) in [4.78, 5) is 16.9. The molecule has 0 saturated carbocycles. The first kappa shape index (κ1) is 67.1. The molecule has 0 radical (unpaired) electrons. The van der Waals surface area contributed by atoms with E-state index in [0.29, 0.717) is 11.1 Å². The minimum atomic E-state index is -5.92. The van der Waals surface area contributed by atoms with Crippen LogP contribution in [0.5, 0.6) is 0 Å². The standard InChI is InChI=1S/C49H90N2O21Si6/c1-40(2,3)54-73(55-41(4,5)6)63-49(39-35-38(51(52)53)29-28-37(39)34-36-30-32-50-33-31-36)64-75(67-66-73,59-45(16,17)18)69-77(62-48(25,26)27)70-76(60-46(19,20)21,61-47(22,23)24)71-78(65-49,72-77)68-74(56-42(7,8)9,57-43(10,11)12)58-44(13,14)15/h28-33,35H,34H2,1-27H3. The Bertz CT molecular complexity index is 2330. The Balaban J connectivity index is 2.20. The van der Waals surface area contributed by atoms with Crippen molar-refractivity contribution in [2.24, 2.45) is 0 Å². The number of nitro benzene ring substituents is 1. The molecule has 0 N–H and O–H groups in total. The molecule has 0 spiro atoms. The molecule has 446 valence electrons. The molecule has 3 saturated heterocycles. The zero-order valence-corrected chi connectivity index (χ0v) is 57.2. The fraction of sp³-hybridized carbons (Fsp3) is 0.776. The van der Waals surface area contributed by atoms with Crippen molar-refractivity contribution >= 4 is 60.0 Å². The quantitative estimate of drug-likeness (QED) is 0.0698. The number of hydrogen-bond donors (Lipinski definition) is 0. The predicted octanol–water partition coefficient (Wildman–Crippen LogP) is 10.8. The van der Waals surface area contributed by atoms with Gasteiger partial charge >= 0.3 is 54.3 Å². The molecule has 23 nitrogen and oxygen atoms in total. The number of non-ortho nitro benzene ring substituents is 1. The summed E-state index contributed by atoms with van der Waals surface area (Å²) in [7, 11) is -32.4. The highest BCUT2D eigenvalue weighted by Gasteiger charge is 2.87. The van der Waals surface area contributed by atoms with Crippen LogP contribution in [0.15, 0.2) is 42.7 Å². The van der Waals surface area contributed by atoms with Gasteiger partial charge in [0, 0.05) is 30.1 Å². The van der Waals surface area contributed by atoms with Gasteiger partial charge in [-0.25, -0.2) is 9.15 Å². The molecule has 0 amide bonds. The second-order valence-corrected chi connectivity index (χ2v) is 41.0. The average molecular weight is 1210 g/mol. The largest absolute Gasteiger partial charge is 0.712 e. The average Bonchev–Trinajstić information content (AvgIpc) is 3.21. The molecule has 0 aliphatic carbocycles. The number of fused-ring (bicyclic) bond motifs is 4. The van der Waals surface area contributed by atoms with Crippen LogP contribution >= 0.6 is 0 Å². The third-order valence-electron chi connectivity index (χ3n) is 8.93. The van der Waals surface area contributed by atoms with E-state index < -0.39 is 121 Å². The van der Waals surface area contributed by atoms with E-state index in [1.807, 2.05) is 0 Å². The molecule has 29 heteroatoms. The molecule has 78 heavy (non-hydrogen) atoms. The minimum Gasteiger partial charge on any atom is -0.348 e. The lowest BCUT2D eigenvalue weighted by Crippen LogP contribution is -2.84. The van der Waals surface area contributed by atoms with Crippen LogP contribution in [-0.2, 0) is 95.2 Å². The minimum absolute atomic E-state index is 0.0385. The molecule has 5 rings (SSSR count). The highest BCUT2D eigenvalue weighted by Crippen LogP contribution is 2.54. The van der Waals surface area contributed by atoms with Gasteiger partial charge in [-0.3, -0.25) is 28.4 Å². The van der Waals surface area contributed by atoms with E-state index in [0.717, 1.165) is 0 Å². The van der Waals surface area contributed by atoms with E-state index in [2.05, 4.69) is 4.98 Å². The fourth-order valence-electron chi connectivity index (χ4n) is 7.53. The van der Waals surface area contributed by atoms with Crippen LogP contribution in [0.2, 0.25) is 0 Å². The van der Waals surface area contributed by atoms with Gasteiger partial charge in [-0.1, -0.05) is 6.07 Å².